The molecule has 0 spiro atoms. The second kappa shape index (κ2) is 6.65. The Hall–Kier alpha value is -2.34. The number of methoxy groups -OCH3 is 2. The van der Waals surface area contributed by atoms with E-state index < -0.39 is 0 Å². The minimum Gasteiger partial charge on any atom is -0.496 e. The molecule has 1 N–H and O–H groups in total. The average molecular weight is 329 g/mol. The van der Waals surface area contributed by atoms with Crippen molar-refractivity contribution in [3.8, 4) is 11.5 Å². The second-order valence-corrected chi connectivity index (χ2v) is 6.12. The second-order valence-electron chi connectivity index (χ2n) is 6.12. The highest BCUT2D eigenvalue weighted by Gasteiger charge is 2.22. The van der Waals surface area contributed by atoms with E-state index in [0.29, 0.717) is 12.4 Å². The van der Waals surface area contributed by atoms with Gasteiger partial charge in [0.25, 0.3) is 5.56 Å². The third kappa shape index (κ3) is 3.01. The standard InChI is InChI=1S/C18H23N3O3/c1-11-16(23-3)6-5-13(17(11)24-4)9-21-8-7-15-14(10-21)18(22)20-12(2)19-15/h5-6H,7-10H2,1-4H3,(H,19,20,22). The van der Waals surface area contributed by atoms with E-state index in [0.717, 1.165) is 53.4 Å². The first kappa shape index (κ1) is 16.5. The van der Waals surface area contributed by atoms with E-state index in [-0.39, 0.29) is 5.56 Å². The molecule has 1 aliphatic rings. The molecule has 1 aliphatic heterocycles. The summed E-state index contributed by atoms with van der Waals surface area (Å²) in [7, 11) is 3.33. The number of ether oxygens (including phenoxy) is 2. The Balaban J connectivity index is 1.85. The van der Waals surface area contributed by atoms with Gasteiger partial charge in [0.2, 0.25) is 0 Å². The zero-order valence-corrected chi connectivity index (χ0v) is 14.6. The summed E-state index contributed by atoms with van der Waals surface area (Å²) in [6.45, 7) is 6.01. The van der Waals surface area contributed by atoms with Gasteiger partial charge in [-0.1, -0.05) is 6.07 Å². The summed E-state index contributed by atoms with van der Waals surface area (Å²) in [4.78, 5) is 21.7. The Morgan fingerprint density at radius 2 is 2.04 bits per heavy atom. The number of aromatic nitrogens is 2. The summed E-state index contributed by atoms with van der Waals surface area (Å²) < 4.78 is 10.9. The monoisotopic (exact) mass is 329 g/mol. The maximum atomic E-state index is 12.2. The number of hydrogen-bond donors (Lipinski definition) is 1. The molecule has 0 radical (unpaired) electrons. The van der Waals surface area contributed by atoms with Crippen molar-refractivity contribution in [2.75, 3.05) is 20.8 Å². The van der Waals surface area contributed by atoms with E-state index in [1.165, 1.54) is 0 Å². The molecule has 0 amide bonds. The average Bonchev–Trinajstić information content (AvgIpc) is 2.56. The quantitative estimate of drug-likeness (QED) is 0.929. The fourth-order valence-corrected chi connectivity index (χ4v) is 3.34. The maximum absolute atomic E-state index is 12.2. The normalized spacial score (nSPS) is 14.3. The third-order valence-electron chi connectivity index (χ3n) is 4.52. The zero-order chi connectivity index (χ0) is 17.3. The lowest BCUT2D eigenvalue weighted by molar-refractivity contribution is 0.237. The first-order valence-electron chi connectivity index (χ1n) is 8.05. The molecule has 0 atom stereocenters. The van der Waals surface area contributed by atoms with Crippen LogP contribution in [-0.2, 0) is 19.5 Å². The molecule has 0 saturated heterocycles. The molecule has 128 valence electrons. The molecule has 6 nitrogen and oxygen atoms in total. The SMILES string of the molecule is COc1ccc(CN2CCc3nc(C)[nH]c(=O)c3C2)c(OC)c1C. The zero-order valence-electron chi connectivity index (χ0n) is 14.6. The fraction of sp³-hybridized carbons (Fsp3) is 0.444. The summed E-state index contributed by atoms with van der Waals surface area (Å²) in [5, 5.41) is 0. The van der Waals surface area contributed by atoms with Crippen molar-refractivity contribution < 1.29 is 9.47 Å². The molecule has 0 unspecified atom stereocenters. The number of H-pyrrole nitrogens is 1. The molecule has 0 saturated carbocycles. The van der Waals surface area contributed by atoms with Gasteiger partial charge in [-0.15, -0.1) is 0 Å². The molecule has 3 rings (SSSR count). The van der Waals surface area contributed by atoms with Crippen LogP contribution in [0.1, 0.15) is 28.2 Å². The Morgan fingerprint density at radius 3 is 2.75 bits per heavy atom. The lowest BCUT2D eigenvalue weighted by atomic mass is 10.0. The maximum Gasteiger partial charge on any atom is 0.255 e. The number of nitrogens with zero attached hydrogens (tertiary/aromatic N) is 2. The molecule has 6 heteroatoms. The van der Waals surface area contributed by atoms with Crippen LogP contribution in [-0.4, -0.2) is 35.6 Å². The van der Waals surface area contributed by atoms with Gasteiger partial charge in [0.05, 0.1) is 25.5 Å². The van der Waals surface area contributed by atoms with Gasteiger partial charge < -0.3 is 14.5 Å². The van der Waals surface area contributed by atoms with E-state index in [2.05, 4.69) is 14.9 Å². The topological polar surface area (TPSA) is 67.5 Å². The van der Waals surface area contributed by atoms with Crippen molar-refractivity contribution in [1.82, 2.24) is 14.9 Å². The van der Waals surface area contributed by atoms with Crippen LogP contribution in [0.5, 0.6) is 11.5 Å². The van der Waals surface area contributed by atoms with Gasteiger partial charge >= 0.3 is 0 Å². The Bertz CT molecular complexity index is 814. The summed E-state index contributed by atoms with van der Waals surface area (Å²) in [5.41, 5.74) is 3.75. The number of aromatic amines is 1. The van der Waals surface area contributed by atoms with Gasteiger partial charge in [-0.3, -0.25) is 9.69 Å². The first-order valence-corrected chi connectivity index (χ1v) is 8.05. The number of nitrogens with one attached hydrogen (secondary N) is 1. The largest absolute Gasteiger partial charge is 0.496 e. The van der Waals surface area contributed by atoms with Crippen molar-refractivity contribution in [2.24, 2.45) is 0 Å². The van der Waals surface area contributed by atoms with Gasteiger partial charge in [-0.2, -0.15) is 0 Å². The summed E-state index contributed by atoms with van der Waals surface area (Å²) in [6, 6.07) is 3.99. The Kier molecular flexibility index (Phi) is 4.57. The summed E-state index contributed by atoms with van der Waals surface area (Å²) in [5.74, 6) is 2.34. The highest BCUT2D eigenvalue weighted by Crippen LogP contribution is 2.32. The van der Waals surface area contributed by atoms with Crippen LogP contribution in [0.25, 0.3) is 0 Å². The Morgan fingerprint density at radius 1 is 1.25 bits per heavy atom. The van der Waals surface area contributed by atoms with Crippen LogP contribution < -0.4 is 15.0 Å². The van der Waals surface area contributed by atoms with Crippen molar-refractivity contribution in [1.29, 1.82) is 0 Å². The van der Waals surface area contributed by atoms with Crippen LogP contribution >= 0.6 is 0 Å². The van der Waals surface area contributed by atoms with E-state index in [4.69, 9.17) is 9.47 Å². The molecular formula is C18H23N3O3. The molecule has 0 fully saturated rings. The molecule has 24 heavy (non-hydrogen) atoms. The minimum absolute atomic E-state index is 0.0277. The number of fused-ring (bicyclic) bond motifs is 1. The lowest BCUT2D eigenvalue weighted by Crippen LogP contribution is -2.35. The smallest absolute Gasteiger partial charge is 0.255 e. The van der Waals surface area contributed by atoms with Crippen LogP contribution in [0.2, 0.25) is 0 Å². The Labute approximate surface area is 141 Å². The number of rotatable bonds is 4. The van der Waals surface area contributed by atoms with E-state index in [1.807, 2.05) is 26.0 Å². The van der Waals surface area contributed by atoms with Crippen molar-refractivity contribution in [3.63, 3.8) is 0 Å². The molecule has 1 aromatic carbocycles. The third-order valence-corrected chi connectivity index (χ3v) is 4.52. The highest BCUT2D eigenvalue weighted by atomic mass is 16.5. The van der Waals surface area contributed by atoms with Gasteiger partial charge in [0, 0.05) is 37.2 Å². The molecular weight excluding hydrogens is 306 g/mol. The molecule has 2 aromatic rings. The van der Waals surface area contributed by atoms with Gasteiger partial charge in [0.1, 0.15) is 17.3 Å². The first-order chi connectivity index (χ1) is 11.5. The van der Waals surface area contributed by atoms with Crippen molar-refractivity contribution in [3.05, 3.63) is 50.7 Å². The minimum atomic E-state index is -0.0277. The van der Waals surface area contributed by atoms with Crippen LogP contribution in [0.4, 0.5) is 0 Å². The molecule has 0 aliphatic carbocycles. The molecule has 2 heterocycles. The number of benzene rings is 1. The number of hydrogen-bond acceptors (Lipinski definition) is 5. The highest BCUT2D eigenvalue weighted by molar-refractivity contribution is 5.49. The van der Waals surface area contributed by atoms with Crippen LogP contribution in [0, 0.1) is 13.8 Å². The summed E-state index contributed by atoms with van der Waals surface area (Å²) >= 11 is 0. The predicted octanol–water partition coefficient (Wildman–Crippen LogP) is 1.96. The van der Waals surface area contributed by atoms with Gasteiger partial charge in [-0.05, 0) is 19.9 Å². The van der Waals surface area contributed by atoms with E-state index >= 15 is 0 Å². The van der Waals surface area contributed by atoms with Crippen LogP contribution in [0.15, 0.2) is 16.9 Å². The summed E-state index contributed by atoms with van der Waals surface area (Å²) in [6.07, 6.45) is 0.789. The van der Waals surface area contributed by atoms with E-state index in [1.54, 1.807) is 14.2 Å². The van der Waals surface area contributed by atoms with Gasteiger partial charge in [0.15, 0.2) is 0 Å². The molecule has 0 bridgehead atoms. The van der Waals surface area contributed by atoms with Gasteiger partial charge in [-0.25, -0.2) is 4.98 Å². The molecule has 1 aromatic heterocycles. The number of aryl methyl sites for hydroxylation is 1. The van der Waals surface area contributed by atoms with Crippen LogP contribution in [0.3, 0.4) is 0 Å². The lowest BCUT2D eigenvalue weighted by Gasteiger charge is -2.28. The van der Waals surface area contributed by atoms with Crippen molar-refractivity contribution >= 4 is 0 Å². The van der Waals surface area contributed by atoms with Crippen molar-refractivity contribution in [2.45, 2.75) is 33.4 Å². The predicted molar refractivity (Wildman–Crippen MR) is 91.7 cm³/mol. The fourth-order valence-electron chi connectivity index (χ4n) is 3.34. The van der Waals surface area contributed by atoms with E-state index in [9.17, 15) is 4.79 Å².